The van der Waals surface area contributed by atoms with Crippen LogP contribution in [0.25, 0.3) is 0 Å². The first-order valence-corrected chi connectivity index (χ1v) is 10.5. The number of ether oxygens (including phenoxy) is 1. The summed E-state index contributed by atoms with van der Waals surface area (Å²) >= 11 is 0. The van der Waals surface area contributed by atoms with Gasteiger partial charge in [-0.05, 0) is 44.7 Å². The van der Waals surface area contributed by atoms with E-state index in [1.165, 1.54) is 45.3 Å². The zero-order chi connectivity index (χ0) is 21.6. The summed E-state index contributed by atoms with van der Waals surface area (Å²) in [7, 11) is 1.43. The number of nitrogens with zero attached hydrogens (tertiary/aromatic N) is 3. The topological polar surface area (TPSA) is 110 Å². The quantitative estimate of drug-likeness (QED) is 0.486. The Balaban J connectivity index is 1.76. The largest absolute Gasteiger partial charge is 0.494 e. The van der Waals surface area contributed by atoms with E-state index in [0.29, 0.717) is 36.0 Å². The SMILES string of the molecule is COc1ccc(Nc2nc(NCC3CCCCC3)nc(NCC(C)(C)N)n2)cc1F. The zero-order valence-corrected chi connectivity index (χ0v) is 18.0. The Morgan fingerprint density at radius 2 is 1.73 bits per heavy atom. The van der Waals surface area contributed by atoms with Gasteiger partial charge in [-0.3, -0.25) is 0 Å². The fourth-order valence-corrected chi connectivity index (χ4v) is 3.40. The Bertz CT molecular complexity index is 835. The highest BCUT2D eigenvalue weighted by Crippen LogP contribution is 2.25. The summed E-state index contributed by atoms with van der Waals surface area (Å²) in [6.45, 7) is 5.16. The molecule has 0 spiro atoms. The van der Waals surface area contributed by atoms with E-state index in [1.54, 1.807) is 12.1 Å². The van der Waals surface area contributed by atoms with E-state index in [0.717, 1.165) is 6.54 Å². The molecule has 1 heterocycles. The summed E-state index contributed by atoms with van der Waals surface area (Å²) in [6, 6.07) is 4.60. The van der Waals surface area contributed by atoms with E-state index in [4.69, 9.17) is 10.5 Å². The second-order valence-electron chi connectivity index (χ2n) is 8.51. The number of aromatic nitrogens is 3. The zero-order valence-electron chi connectivity index (χ0n) is 18.0. The molecule has 0 aliphatic heterocycles. The van der Waals surface area contributed by atoms with Gasteiger partial charge in [-0.1, -0.05) is 19.3 Å². The van der Waals surface area contributed by atoms with Crippen molar-refractivity contribution in [1.82, 2.24) is 15.0 Å². The molecule has 1 aromatic heterocycles. The maximum Gasteiger partial charge on any atom is 0.233 e. The van der Waals surface area contributed by atoms with Crippen LogP contribution in [0, 0.1) is 11.7 Å². The van der Waals surface area contributed by atoms with E-state index in [-0.39, 0.29) is 5.75 Å². The van der Waals surface area contributed by atoms with Gasteiger partial charge in [0.2, 0.25) is 17.8 Å². The molecule has 2 aromatic rings. The minimum Gasteiger partial charge on any atom is -0.494 e. The summed E-state index contributed by atoms with van der Waals surface area (Å²) < 4.78 is 19.0. The third-order valence-corrected chi connectivity index (χ3v) is 5.02. The number of nitrogens with one attached hydrogen (secondary N) is 3. The monoisotopic (exact) mass is 417 g/mol. The van der Waals surface area contributed by atoms with Crippen molar-refractivity contribution in [3.8, 4) is 5.75 Å². The van der Waals surface area contributed by atoms with Gasteiger partial charge in [0.05, 0.1) is 7.11 Å². The van der Waals surface area contributed by atoms with Gasteiger partial charge in [0.1, 0.15) is 0 Å². The molecule has 30 heavy (non-hydrogen) atoms. The van der Waals surface area contributed by atoms with Gasteiger partial charge in [-0.2, -0.15) is 15.0 Å². The van der Waals surface area contributed by atoms with Crippen molar-refractivity contribution in [2.45, 2.75) is 51.5 Å². The third-order valence-electron chi connectivity index (χ3n) is 5.02. The predicted molar refractivity (Wildman–Crippen MR) is 118 cm³/mol. The molecule has 0 atom stereocenters. The lowest BCUT2D eigenvalue weighted by Gasteiger charge is -2.22. The molecule has 1 fully saturated rings. The van der Waals surface area contributed by atoms with Gasteiger partial charge in [-0.25, -0.2) is 4.39 Å². The van der Waals surface area contributed by atoms with Crippen molar-refractivity contribution in [3.63, 3.8) is 0 Å². The molecule has 1 aliphatic carbocycles. The van der Waals surface area contributed by atoms with Crippen LogP contribution < -0.4 is 26.4 Å². The number of halogens is 1. The number of hydrogen-bond donors (Lipinski definition) is 4. The van der Waals surface area contributed by atoms with E-state index in [2.05, 4.69) is 30.9 Å². The number of rotatable bonds is 9. The van der Waals surface area contributed by atoms with Gasteiger partial charge >= 0.3 is 0 Å². The normalized spacial score (nSPS) is 15.0. The van der Waals surface area contributed by atoms with Gasteiger partial charge in [0, 0.05) is 30.4 Å². The van der Waals surface area contributed by atoms with Crippen molar-refractivity contribution in [2.75, 3.05) is 36.1 Å². The van der Waals surface area contributed by atoms with Crippen LogP contribution in [0.1, 0.15) is 46.0 Å². The molecule has 3 rings (SSSR count). The summed E-state index contributed by atoms with van der Waals surface area (Å²) in [6.07, 6.45) is 6.31. The molecule has 164 valence electrons. The summed E-state index contributed by atoms with van der Waals surface area (Å²) in [5.74, 6) is 1.55. The Hall–Kier alpha value is -2.68. The van der Waals surface area contributed by atoms with E-state index in [9.17, 15) is 4.39 Å². The summed E-state index contributed by atoms with van der Waals surface area (Å²) in [5, 5.41) is 9.54. The minimum atomic E-state index is -0.463. The molecule has 8 nitrogen and oxygen atoms in total. The second kappa shape index (κ2) is 9.88. The lowest BCUT2D eigenvalue weighted by Crippen LogP contribution is -2.40. The van der Waals surface area contributed by atoms with Crippen molar-refractivity contribution in [2.24, 2.45) is 11.7 Å². The molecule has 0 amide bonds. The molecular formula is C21H32FN7O. The first-order valence-electron chi connectivity index (χ1n) is 10.5. The average molecular weight is 418 g/mol. The first kappa shape index (κ1) is 22.0. The highest BCUT2D eigenvalue weighted by Gasteiger charge is 2.16. The second-order valence-corrected chi connectivity index (χ2v) is 8.51. The fraction of sp³-hybridized carbons (Fsp3) is 0.571. The maximum atomic E-state index is 14.0. The first-order chi connectivity index (χ1) is 14.3. The van der Waals surface area contributed by atoms with Crippen LogP contribution >= 0.6 is 0 Å². The molecule has 5 N–H and O–H groups in total. The predicted octanol–water partition coefficient (Wildman–Crippen LogP) is 3.90. The highest BCUT2D eigenvalue weighted by atomic mass is 19.1. The molecule has 0 saturated heterocycles. The number of benzene rings is 1. The van der Waals surface area contributed by atoms with Crippen LogP contribution in [-0.4, -0.2) is 40.7 Å². The van der Waals surface area contributed by atoms with Gasteiger partial charge in [0.15, 0.2) is 11.6 Å². The van der Waals surface area contributed by atoms with Crippen LogP contribution in [-0.2, 0) is 0 Å². The third kappa shape index (κ3) is 6.69. The Kier molecular flexibility index (Phi) is 7.25. The van der Waals surface area contributed by atoms with Gasteiger partial charge in [0.25, 0.3) is 0 Å². The smallest absolute Gasteiger partial charge is 0.233 e. The van der Waals surface area contributed by atoms with Crippen LogP contribution in [0.2, 0.25) is 0 Å². The molecule has 1 saturated carbocycles. The van der Waals surface area contributed by atoms with Gasteiger partial charge < -0.3 is 26.4 Å². The summed E-state index contributed by atoms with van der Waals surface area (Å²) in [4.78, 5) is 13.3. The van der Waals surface area contributed by atoms with Crippen molar-refractivity contribution in [1.29, 1.82) is 0 Å². The molecular weight excluding hydrogens is 385 g/mol. The lowest BCUT2D eigenvalue weighted by molar-refractivity contribution is 0.373. The van der Waals surface area contributed by atoms with Gasteiger partial charge in [-0.15, -0.1) is 0 Å². The molecule has 0 bridgehead atoms. The minimum absolute atomic E-state index is 0.179. The van der Waals surface area contributed by atoms with Crippen molar-refractivity contribution in [3.05, 3.63) is 24.0 Å². The Morgan fingerprint density at radius 1 is 1.07 bits per heavy atom. The number of methoxy groups -OCH3 is 1. The molecule has 0 radical (unpaired) electrons. The van der Waals surface area contributed by atoms with E-state index >= 15 is 0 Å². The molecule has 0 unspecified atom stereocenters. The number of anilines is 4. The highest BCUT2D eigenvalue weighted by molar-refractivity contribution is 5.57. The summed E-state index contributed by atoms with van der Waals surface area (Å²) in [5.41, 5.74) is 6.16. The number of hydrogen-bond acceptors (Lipinski definition) is 8. The standard InChI is InChI=1S/C21H32FN7O/c1-21(2,23)13-25-19-27-18(24-12-14-7-5-4-6-8-14)28-20(29-19)26-15-9-10-17(30-3)16(22)11-15/h9-11,14H,4-8,12-13,23H2,1-3H3,(H3,24,25,26,27,28,29). The van der Waals surface area contributed by atoms with E-state index < -0.39 is 11.4 Å². The van der Waals surface area contributed by atoms with Crippen LogP contribution in [0.4, 0.5) is 27.9 Å². The van der Waals surface area contributed by atoms with Crippen molar-refractivity contribution >= 4 is 23.5 Å². The Labute approximate surface area is 177 Å². The van der Waals surface area contributed by atoms with Crippen LogP contribution in [0.5, 0.6) is 5.75 Å². The van der Waals surface area contributed by atoms with Crippen LogP contribution in [0.15, 0.2) is 18.2 Å². The van der Waals surface area contributed by atoms with E-state index in [1.807, 2.05) is 13.8 Å². The maximum absolute atomic E-state index is 14.0. The lowest BCUT2D eigenvalue weighted by atomic mass is 9.89. The Morgan fingerprint density at radius 3 is 2.37 bits per heavy atom. The van der Waals surface area contributed by atoms with Crippen LogP contribution in [0.3, 0.4) is 0 Å². The number of nitrogens with two attached hydrogens (primary N) is 1. The fourth-order valence-electron chi connectivity index (χ4n) is 3.40. The van der Waals surface area contributed by atoms with Crippen molar-refractivity contribution < 1.29 is 9.13 Å². The molecule has 1 aliphatic rings. The molecule has 1 aromatic carbocycles. The average Bonchev–Trinajstić information content (AvgIpc) is 2.71. The molecule has 9 heteroatoms.